The molecular formula is C17H29N3O. The van der Waals surface area contributed by atoms with Crippen molar-refractivity contribution < 1.29 is 4.74 Å². The van der Waals surface area contributed by atoms with E-state index in [0.29, 0.717) is 0 Å². The van der Waals surface area contributed by atoms with E-state index in [-0.39, 0.29) is 11.6 Å². The molecule has 21 heavy (non-hydrogen) atoms. The highest BCUT2D eigenvalue weighted by atomic mass is 16.5. The molecule has 1 unspecified atom stereocenters. The van der Waals surface area contributed by atoms with Gasteiger partial charge in [-0.2, -0.15) is 0 Å². The summed E-state index contributed by atoms with van der Waals surface area (Å²) < 4.78 is 5.96. The molecule has 1 heterocycles. The second-order valence-electron chi connectivity index (χ2n) is 6.12. The van der Waals surface area contributed by atoms with Gasteiger partial charge in [-0.3, -0.25) is 16.3 Å². The quantitative estimate of drug-likeness (QED) is 0.481. The van der Waals surface area contributed by atoms with Crippen LogP contribution in [-0.2, 0) is 17.6 Å². The molecule has 1 aliphatic carbocycles. The van der Waals surface area contributed by atoms with Crippen LogP contribution in [0.4, 0.5) is 0 Å². The molecule has 0 aromatic carbocycles. The molecule has 118 valence electrons. The van der Waals surface area contributed by atoms with Gasteiger partial charge >= 0.3 is 0 Å². The molecule has 4 nitrogen and oxygen atoms in total. The third-order valence-electron chi connectivity index (χ3n) is 4.90. The first kappa shape index (κ1) is 16.4. The fourth-order valence-corrected chi connectivity index (χ4v) is 3.41. The predicted octanol–water partition coefficient (Wildman–Crippen LogP) is 2.76. The lowest BCUT2D eigenvalue weighted by atomic mass is 9.84. The summed E-state index contributed by atoms with van der Waals surface area (Å²) in [6.07, 6.45) is 11.0. The fraction of sp³-hybridized carbons (Fsp3) is 0.706. The van der Waals surface area contributed by atoms with Gasteiger partial charge in [-0.25, -0.2) is 0 Å². The molecule has 4 heteroatoms. The van der Waals surface area contributed by atoms with E-state index >= 15 is 0 Å². The number of hydrogen-bond acceptors (Lipinski definition) is 4. The number of pyridine rings is 1. The number of ether oxygens (including phenoxy) is 1. The van der Waals surface area contributed by atoms with Crippen LogP contribution in [0.3, 0.4) is 0 Å². The second kappa shape index (κ2) is 7.87. The lowest BCUT2D eigenvalue weighted by Crippen LogP contribution is -2.55. The van der Waals surface area contributed by atoms with Crippen LogP contribution in [0.1, 0.15) is 56.7 Å². The number of hydrogen-bond donors (Lipinski definition) is 2. The Hall–Kier alpha value is -0.970. The van der Waals surface area contributed by atoms with Crippen molar-refractivity contribution in [2.75, 3.05) is 7.11 Å². The van der Waals surface area contributed by atoms with E-state index < -0.39 is 0 Å². The SMILES string of the molecule is CCc1ccc(CC(NN)C2(OC)CCCCCC2)nc1. The summed E-state index contributed by atoms with van der Waals surface area (Å²) in [7, 11) is 1.82. The summed E-state index contributed by atoms with van der Waals surface area (Å²) in [6, 6.07) is 4.38. The van der Waals surface area contributed by atoms with E-state index in [0.717, 1.165) is 31.4 Å². The first-order valence-corrected chi connectivity index (χ1v) is 8.19. The number of rotatable bonds is 6. The molecule has 1 fully saturated rings. The molecule has 1 aromatic heterocycles. The monoisotopic (exact) mass is 291 g/mol. The molecule has 1 aromatic rings. The zero-order valence-electron chi connectivity index (χ0n) is 13.4. The Morgan fingerprint density at radius 1 is 1.29 bits per heavy atom. The molecule has 0 spiro atoms. The van der Waals surface area contributed by atoms with E-state index in [1.165, 1.54) is 31.2 Å². The molecule has 1 aliphatic rings. The summed E-state index contributed by atoms with van der Waals surface area (Å²) in [5, 5.41) is 0. The third kappa shape index (κ3) is 4.02. The van der Waals surface area contributed by atoms with Crippen LogP contribution in [-0.4, -0.2) is 23.7 Å². The normalized spacial score (nSPS) is 20.0. The second-order valence-corrected chi connectivity index (χ2v) is 6.12. The lowest BCUT2D eigenvalue weighted by Gasteiger charge is -2.39. The van der Waals surface area contributed by atoms with Crippen LogP contribution < -0.4 is 11.3 Å². The average molecular weight is 291 g/mol. The van der Waals surface area contributed by atoms with Crippen LogP contribution in [0.15, 0.2) is 18.3 Å². The summed E-state index contributed by atoms with van der Waals surface area (Å²) >= 11 is 0. The summed E-state index contributed by atoms with van der Waals surface area (Å²) in [5.41, 5.74) is 5.20. The lowest BCUT2D eigenvalue weighted by molar-refractivity contribution is -0.0529. The Morgan fingerprint density at radius 3 is 2.48 bits per heavy atom. The molecule has 1 saturated carbocycles. The molecule has 0 radical (unpaired) electrons. The van der Waals surface area contributed by atoms with Crippen molar-refractivity contribution in [2.45, 2.75) is 69.9 Å². The van der Waals surface area contributed by atoms with Gasteiger partial charge < -0.3 is 4.74 Å². The average Bonchev–Trinajstić information content (AvgIpc) is 2.79. The Kier molecular flexibility index (Phi) is 6.15. The molecule has 0 bridgehead atoms. The predicted molar refractivity (Wildman–Crippen MR) is 85.9 cm³/mol. The molecule has 2 rings (SSSR count). The summed E-state index contributed by atoms with van der Waals surface area (Å²) in [5.74, 6) is 5.86. The maximum absolute atomic E-state index is 5.96. The Bertz CT molecular complexity index is 411. The first-order chi connectivity index (χ1) is 10.2. The van der Waals surface area contributed by atoms with Gasteiger partial charge in [0, 0.05) is 25.4 Å². The molecule has 0 aliphatic heterocycles. The standard InChI is InChI=1S/C17H29N3O/c1-3-14-8-9-15(19-13-14)12-16(20-18)17(21-2)10-6-4-5-7-11-17/h8-9,13,16,20H,3-7,10-12,18H2,1-2H3. The molecule has 1 atom stereocenters. The fourth-order valence-electron chi connectivity index (χ4n) is 3.41. The third-order valence-corrected chi connectivity index (χ3v) is 4.90. The van der Waals surface area contributed by atoms with Gasteiger partial charge in [-0.05, 0) is 30.9 Å². The molecule has 0 amide bonds. The van der Waals surface area contributed by atoms with Gasteiger partial charge in [0.1, 0.15) is 0 Å². The summed E-state index contributed by atoms with van der Waals surface area (Å²) in [4.78, 5) is 4.57. The highest BCUT2D eigenvalue weighted by molar-refractivity contribution is 5.15. The highest BCUT2D eigenvalue weighted by Crippen LogP contribution is 2.33. The van der Waals surface area contributed by atoms with Gasteiger partial charge in [0.25, 0.3) is 0 Å². The van der Waals surface area contributed by atoms with Crippen LogP contribution in [0.5, 0.6) is 0 Å². The van der Waals surface area contributed by atoms with Gasteiger partial charge in [-0.1, -0.05) is 38.7 Å². The number of nitrogens with zero attached hydrogens (tertiary/aromatic N) is 1. The van der Waals surface area contributed by atoms with E-state index in [9.17, 15) is 0 Å². The van der Waals surface area contributed by atoms with Crippen molar-refractivity contribution in [1.29, 1.82) is 0 Å². The number of nitrogens with one attached hydrogen (secondary N) is 1. The first-order valence-electron chi connectivity index (χ1n) is 8.19. The van der Waals surface area contributed by atoms with Crippen molar-refractivity contribution in [1.82, 2.24) is 10.4 Å². The van der Waals surface area contributed by atoms with E-state index in [2.05, 4.69) is 29.5 Å². The van der Waals surface area contributed by atoms with Gasteiger partial charge in [0.15, 0.2) is 0 Å². The minimum Gasteiger partial charge on any atom is -0.377 e. The van der Waals surface area contributed by atoms with E-state index in [1.54, 1.807) is 0 Å². The van der Waals surface area contributed by atoms with Crippen LogP contribution in [0.25, 0.3) is 0 Å². The van der Waals surface area contributed by atoms with Crippen molar-refractivity contribution in [2.24, 2.45) is 5.84 Å². The Labute approximate surface area is 128 Å². The van der Waals surface area contributed by atoms with Crippen molar-refractivity contribution >= 4 is 0 Å². The smallest absolute Gasteiger partial charge is 0.0848 e. The highest BCUT2D eigenvalue weighted by Gasteiger charge is 2.38. The van der Waals surface area contributed by atoms with Crippen molar-refractivity contribution in [3.8, 4) is 0 Å². The summed E-state index contributed by atoms with van der Waals surface area (Å²) in [6.45, 7) is 2.15. The van der Waals surface area contributed by atoms with Crippen LogP contribution in [0.2, 0.25) is 0 Å². The Balaban J connectivity index is 2.12. The maximum Gasteiger partial charge on any atom is 0.0848 e. The number of nitrogens with two attached hydrogens (primary N) is 1. The number of aryl methyl sites for hydroxylation is 1. The molecule has 0 saturated heterocycles. The van der Waals surface area contributed by atoms with Gasteiger partial charge in [0.2, 0.25) is 0 Å². The van der Waals surface area contributed by atoms with Crippen molar-refractivity contribution in [3.05, 3.63) is 29.6 Å². The minimum absolute atomic E-state index is 0.112. The number of aromatic nitrogens is 1. The van der Waals surface area contributed by atoms with E-state index in [1.807, 2.05) is 13.3 Å². The van der Waals surface area contributed by atoms with Crippen LogP contribution >= 0.6 is 0 Å². The molecular weight excluding hydrogens is 262 g/mol. The largest absolute Gasteiger partial charge is 0.377 e. The van der Waals surface area contributed by atoms with Gasteiger partial charge in [-0.15, -0.1) is 0 Å². The van der Waals surface area contributed by atoms with Gasteiger partial charge in [0.05, 0.1) is 11.6 Å². The van der Waals surface area contributed by atoms with Crippen molar-refractivity contribution in [3.63, 3.8) is 0 Å². The van der Waals surface area contributed by atoms with E-state index in [4.69, 9.17) is 10.6 Å². The minimum atomic E-state index is -0.156. The topological polar surface area (TPSA) is 60.2 Å². The zero-order valence-corrected chi connectivity index (χ0v) is 13.4. The Morgan fingerprint density at radius 2 is 2.00 bits per heavy atom. The maximum atomic E-state index is 5.96. The number of hydrazine groups is 1. The number of methoxy groups -OCH3 is 1. The molecule has 3 N–H and O–H groups in total. The van der Waals surface area contributed by atoms with Crippen LogP contribution in [0, 0.1) is 0 Å². The zero-order chi connectivity index (χ0) is 15.1.